The van der Waals surface area contributed by atoms with Crippen molar-refractivity contribution in [2.45, 2.75) is 45.1 Å². The van der Waals surface area contributed by atoms with Gasteiger partial charge in [-0.15, -0.1) is 0 Å². The Bertz CT molecular complexity index is 818. The number of aryl methyl sites for hydroxylation is 2. The van der Waals surface area contributed by atoms with Crippen LogP contribution in [0.2, 0.25) is 0 Å². The molecule has 4 rings (SSSR count). The Kier molecular flexibility index (Phi) is 3.76. The largest absolute Gasteiger partial charge is 0.367 e. The number of nitrogens with zero attached hydrogens (tertiary/aromatic N) is 4. The molecule has 1 aromatic heterocycles. The third-order valence-electron chi connectivity index (χ3n) is 5.29. The molecule has 24 heavy (non-hydrogen) atoms. The van der Waals surface area contributed by atoms with Crippen molar-refractivity contribution in [3.63, 3.8) is 0 Å². The zero-order chi connectivity index (χ0) is 16.7. The maximum atomic E-state index is 14.3. The molecule has 1 aliphatic carbocycles. The normalized spacial score (nSPS) is 20.0. The van der Waals surface area contributed by atoms with Gasteiger partial charge in [0.25, 0.3) is 0 Å². The SMILES string of the molecule is Cc1nc2c(n1C1CCN(c3ccc(C#N)cc3F)C1)CCCC2. The van der Waals surface area contributed by atoms with Crippen LogP contribution in [-0.4, -0.2) is 22.6 Å². The number of imidazole rings is 1. The van der Waals surface area contributed by atoms with E-state index in [2.05, 4.69) is 16.4 Å². The van der Waals surface area contributed by atoms with Crippen molar-refractivity contribution in [3.05, 3.63) is 46.8 Å². The van der Waals surface area contributed by atoms with Crippen LogP contribution in [0.15, 0.2) is 18.2 Å². The van der Waals surface area contributed by atoms with Crippen molar-refractivity contribution in [3.8, 4) is 6.07 Å². The van der Waals surface area contributed by atoms with Crippen LogP contribution in [0.25, 0.3) is 0 Å². The van der Waals surface area contributed by atoms with Crippen LogP contribution in [0.3, 0.4) is 0 Å². The number of aromatic nitrogens is 2. The maximum absolute atomic E-state index is 14.3. The fourth-order valence-electron chi connectivity index (χ4n) is 4.19. The fourth-order valence-corrected chi connectivity index (χ4v) is 4.19. The van der Waals surface area contributed by atoms with Crippen molar-refractivity contribution >= 4 is 5.69 Å². The number of nitriles is 1. The van der Waals surface area contributed by atoms with E-state index in [1.54, 1.807) is 12.1 Å². The van der Waals surface area contributed by atoms with E-state index in [-0.39, 0.29) is 5.82 Å². The molecular weight excluding hydrogens is 303 g/mol. The zero-order valence-electron chi connectivity index (χ0n) is 13.9. The summed E-state index contributed by atoms with van der Waals surface area (Å²) in [5, 5.41) is 8.89. The predicted octanol–water partition coefficient (Wildman–Crippen LogP) is 3.53. The van der Waals surface area contributed by atoms with Gasteiger partial charge in [0.2, 0.25) is 0 Å². The molecule has 2 heterocycles. The van der Waals surface area contributed by atoms with E-state index in [1.807, 2.05) is 6.07 Å². The third-order valence-corrected chi connectivity index (χ3v) is 5.29. The summed E-state index contributed by atoms with van der Waals surface area (Å²) in [7, 11) is 0. The Morgan fingerprint density at radius 2 is 2.12 bits per heavy atom. The summed E-state index contributed by atoms with van der Waals surface area (Å²) in [6, 6.07) is 7.09. The Morgan fingerprint density at radius 1 is 1.29 bits per heavy atom. The summed E-state index contributed by atoms with van der Waals surface area (Å²) in [4.78, 5) is 6.86. The molecule has 2 aromatic rings. The molecule has 0 saturated carbocycles. The molecule has 1 fully saturated rings. The summed E-state index contributed by atoms with van der Waals surface area (Å²) in [6.07, 6.45) is 5.67. The van der Waals surface area contributed by atoms with Gasteiger partial charge in [0.05, 0.1) is 29.1 Å². The van der Waals surface area contributed by atoms with Crippen molar-refractivity contribution < 1.29 is 4.39 Å². The van der Waals surface area contributed by atoms with E-state index in [0.717, 1.165) is 38.2 Å². The van der Waals surface area contributed by atoms with Crippen LogP contribution in [0.4, 0.5) is 10.1 Å². The molecule has 1 aliphatic heterocycles. The van der Waals surface area contributed by atoms with Crippen LogP contribution in [0.1, 0.15) is 48.1 Å². The van der Waals surface area contributed by atoms with Crippen LogP contribution < -0.4 is 4.90 Å². The quantitative estimate of drug-likeness (QED) is 0.849. The minimum atomic E-state index is -0.306. The van der Waals surface area contributed by atoms with Gasteiger partial charge in [-0.2, -0.15) is 5.26 Å². The van der Waals surface area contributed by atoms with Crippen LogP contribution in [0, 0.1) is 24.1 Å². The molecule has 124 valence electrons. The van der Waals surface area contributed by atoms with E-state index in [9.17, 15) is 4.39 Å². The average Bonchev–Trinajstić information content (AvgIpc) is 3.17. The Hall–Kier alpha value is -2.35. The van der Waals surface area contributed by atoms with Crippen molar-refractivity contribution in [1.29, 1.82) is 5.26 Å². The second kappa shape index (κ2) is 5.94. The number of halogens is 1. The lowest BCUT2D eigenvalue weighted by molar-refractivity contribution is 0.504. The van der Waals surface area contributed by atoms with Crippen molar-refractivity contribution in [1.82, 2.24) is 9.55 Å². The first kappa shape index (κ1) is 15.2. The Labute approximate surface area is 141 Å². The van der Waals surface area contributed by atoms with Crippen LogP contribution >= 0.6 is 0 Å². The molecular formula is C19H21FN4. The average molecular weight is 324 g/mol. The molecule has 4 nitrogen and oxygen atoms in total. The zero-order valence-corrected chi connectivity index (χ0v) is 13.9. The monoisotopic (exact) mass is 324 g/mol. The molecule has 0 amide bonds. The highest BCUT2D eigenvalue weighted by Crippen LogP contribution is 2.33. The molecule has 1 unspecified atom stereocenters. The minimum Gasteiger partial charge on any atom is -0.367 e. The number of hydrogen-bond acceptors (Lipinski definition) is 3. The minimum absolute atomic E-state index is 0.306. The summed E-state index contributed by atoms with van der Waals surface area (Å²) < 4.78 is 16.7. The topological polar surface area (TPSA) is 44.9 Å². The predicted molar refractivity (Wildman–Crippen MR) is 90.6 cm³/mol. The molecule has 0 spiro atoms. The number of hydrogen-bond donors (Lipinski definition) is 0. The van der Waals surface area contributed by atoms with Gasteiger partial charge in [-0.25, -0.2) is 9.37 Å². The van der Waals surface area contributed by atoms with E-state index in [4.69, 9.17) is 10.2 Å². The fraction of sp³-hybridized carbons (Fsp3) is 0.474. The first-order valence-corrected chi connectivity index (χ1v) is 8.68. The Balaban J connectivity index is 1.60. The highest BCUT2D eigenvalue weighted by molar-refractivity contribution is 5.52. The number of anilines is 1. The highest BCUT2D eigenvalue weighted by Gasteiger charge is 2.30. The molecule has 5 heteroatoms. The molecule has 1 aromatic carbocycles. The molecule has 0 bridgehead atoms. The first-order chi connectivity index (χ1) is 11.7. The summed E-state index contributed by atoms with van der Waals surface area (Å²) >= 11 is 0. The molecule has 2 aliphatic rings. The van der Waals surface area contributed by atoms with Gasteiger partial charge < -0.3 is 9.47 Å². The number of rotatable bonds is 2. The third kappa shape index (κ3) is 2.47. The van der Waals surface area contributed by atoms with Crippen LogP contribution in [0.5, 0.6) is 0 Å². The standard InChI is InChI=1S/C19H21FN4/c1-13-22-17-4-2-3-5-19(17)24(13)15-8-9-23(12-15)18-7-6-14(11-21)10-16(18)20/h6-7,10,15H,2-5,8-9,12H2,1H3. The van der Waals surface area contributed by atoms with Crippen molar-refractivity contribution in [2.24, 2.45) is 0 Å². The lowest BCUT2D eigenvalue weighted by atomic mass is 10.0. The number of benzene rings is 1. The van der Waals surface area contributed by atoms with Gasteiger partial charge in [0.1, 0.15) is 11.6 Å². The van der Waals surface area contributed by atoms with Gasteiger partial charge in [0, 0.05) is 18.8 Å². The molecule has 0 radical (unpaired) electrons. The Morgan fingerprint density at radius 3 is 2.92 bits per heavy atom. The number of fused-ring (bicyclic) bond motifs is 1. The van der Waals surface area contributed by atoms with Crippen LogP contribution in [-0.2, 0) is 12.8 Å². The molecule has 1 atom stereocenters. The summed E-state index contributed by atoms with van der Waals surface area (Å²) in [5.41, 5.74) is 3.63. The van der Waals surface area contributed by atoms with Gasteiger partial charge in [-0.05, 0) is 57.2 Å². The van der Waals surface area contributed by atoms with Gasteiger partial charge in [0.15, 0.2) is 0 Å². The van der Waals surface area contributed by atoms with E-state index in [0.29, 0.717) is 17.3 Å². The second-order valence-electron chi connectivity index (χ2n) is 6.80. The summed E-state index contributed by atoms with van der Waals surface area (Å²) in [5.74, 6) is 0.785. The van der Waals surface area contributed by atoms with Crippen molar-refractivity contribution in [2.75, 3.05) is 18.0 Å². The lowest BCUT2D eigenvalue weighted by Gasteiger charge is -2.22. The van der Waals surface area contributed by atoms with E-state index < -0.39 is 0 Å². The molecule has 1 saturated heterocycles. The molecule has 0 N–H and O–H groups in total. The van der Waals surface area contributed by atoms with Gasteiger partial charge in [-0.1, -0.05) is 0 Å². The van der Waals surface area contributed by atoms with Gasteiger partial charge >= 0.3 is 0 Å². The first-order valence-electron chi connectivity index (χ1n) is 8.68. The second-order valence-corrected chi connectivity index (χ2v) is 6.80. The van der Waals surface area contributed by atoms with E-state index >= 15 is 0 Å². The van der Waals surface area contributed by atoms with Gasteiger partial charge in [-0.3, -0.25) is 0 Å². The van der Waals surface area contributed by atoms with E-state index in [1.165, 1.54) is 30.3 Å². The highest BCUT2D eigenvalue weighted by atomic mass is 19.1. The maximum Gasteiger partial charge on any atom is 0.147 e. The lowest BCUT2D eigenvalue weighted by Crippen LogP contribution is -2.23. The smallest absolute Gasteiger partial charge is 0.147 e. The summed E-state index contributed by atoms with van der Waals surface area (Å²) in [6.45, 7) is 3.72.